The lowest BCUT2D eigenvalue weighted by Crippen LogP contribution is -2.48. The van der Waals surface area contributed by atoms with Gasteiger partial charge in [0, 0.05) is 42.0 Å². The lowest BCUT2D eigenvalue weighted by Gasteiger charge is -2.38. The summed E-state index contributed by atoms with van der Waals surface area (Å²) in [6.45, 7) is 1.62. The fraction of sp³-hybridized carbons (Fsp3) is 0.455. The van der Waals surface area contributed by atoms with Gasteiger partial charge in [0.1, 0.15) is 6.54 Å². The van der Waals surface area contributed by atoms with Gasteiger partial charge >= 0.3 is 0 Å². The molecule has 5 rings (SSSR count). The molecule has 2 heterocycles. The monoisotopic (exact) mass is 397 g/mol. The molecule has 2 saturated carbocycles. The number of carbonyl (C=O) groups excluding carboxylic acids is 2. The molecule has 1 aliphatic heterocycles. The van der Waals surface area contributed by atoms with Gasteiger partial charge < -0.3 is 14.4 Å². The van der Waals surface area contributed by atoms with Crippen LogP contribution >= 0.6 is 11.6 Å². The van der Waals surface area contributed by atoms with E-state index < -0.39 is 0 Å². The Kier molecular flexibility index (Phi) is 4.43. The number of carbonyl (C=O) groups is 2. The fourth-order valence-corrected chi connectivity index (χ4v) is 4.35. The standard InChI is InChI=1S/C22H24ClN3O2/c23-17-7-5-15(6-8-17)21-19-2-1-11-24(19)12-13-25(21)20(27)14-26(18-9-10-18)22(28)16-3-4-16/h1-2,5-8,11,16,18,21H,3-4,9-10,12-14H2/t21-/m0/s1. The van der Waals surface area contributed by atoms with Crippen molar-refractivity contribution < 1.29 is 9.59 Å². The summed E-state index contributed by atoms with van der Waals surface area (Å²) in [5.41, 5.74) is 2.15. The lowest BCUT2D eigenvalue weighted by atomic mass is 9.99. The summed E-state index contributed by atoms with van der Waals surface area (Å²) >= 11 is 6.08. The van der Waals surface area contributed by atoms with Crippen LogP contribution in [0.4, 0.5) is 0 Å². The first-order valence-electron chi connectivity index (χ1n) is 10.1. The Balaban J connectivity index is 1.42. The summed E-state index contributed by atoms with van der Waals surface area (Å²) < 4.78 is 2.21. The summed E-state index contributed by atoms with van der Waals surface area (Å²) in [5, 5.41) is 0.683. The maximum absolute atomic E-state index is 13.4. The average molecular weight is 398 g/mol. The molecule has 0 spiro atoms. The molecule has 1 aromatic heterocycles. The van der Waals surface area contributed by atoms with E-state index in [2.05, 4.69) is 16.8 Å². The summed E-state index contributed by atoms with van der Waals surface area (Å²) in [5.74, 6) is 0.367. The molecule has 0 bridgehead atoms. The molecule has 0 unspecified atom stereocenters. The van der Waals surface area contributed by atoms with Crippen molar-refractivity contribution in [3.05, 3.63) is 58.9 Å². The van der Waals surface area contributed by atoms with E-state index in [9.17, 15) is 9.59 Å². The van der Waals surface area contributed by atoms with Crippen LogP contribution in [0.2, 0.25) is 5.02 Å². The second-order valence-electron chi connectivity index (χ2n) is 8.14. The van der Waals surface area contributed by atoms with Crippen molar-refractivity contribution >= 4 is 23.4 Å². The first-order valence-corrected chi connectivity index (χ1v) is 10.5. The minimum absolute atomic E-state index is 0.0355. The summed E-state index contributed by atoms with van der Waals surface area (Å²) in [4.78, 5) is 29.8. The van der Waals surface area contributed by atoms with Gasteiger partial charge in [-0.3, -0.25) is 9.59 Å². The summed E-state index contributed by atoms with van der Waals surface area (Å²) in [6.07, 6.45) is 6.05. The van der Waals surface area contributed by atoms with E-state index in [4.69, 9.17) is 11.6 Å². The zero-order valence-electron chi connectivity index (χ0n) is 15.8. The van der Waals surface area contributed by atoms with E-state index in [-0.39, 0.29) is 36.4 Å². The smallest absolute Gasteiger partial charge is 0.243 e. The third kappa shape index (κ3) is 3.32. The summed E-state index contributed by atoms with van der Waals surface area (Å²) in [7, 11) is 0. The van der Waals surface area contributed by atoms with Crippen molar-refractivity contribution in [1.82, 2.24) is 14.4 Å². The van der Waals surface area contributed by atoms with Gasteiger partial charge in [0.25, 0.3) is 0 Å². The summed E-state index contributed by atoms with van der Waals surface area (Å²) in [6, 6.07) is 11.9. The highest BCUT2D eigenvalue weighted by atomic mass is 35.5. The van der Waals surface area contributed by atoms with Crippen LogP contribution in [0.5, 0.6) is 0 Å². The van der Waals surface area contributed by atoms with Gasteiger partial charge in [-0.15, -0.1) is 0 Å². The highest BCUT2D eigenvalue weighted by molar-refractivity contribution is 6.30. The predicted molar refractivity (Wildman–Crippen MR) is 107 cm³/mol. The van der Waals surface area contributed by atoms with Crippen LogP contribution in [0.3, 0.4) is 0 Å². The van der Waals surface area contributed by atoms with E-state index in [1.165, 1.54) is 0 Å². The second-order valence-corrected chi connectivity index (χ2v) is 8.58. The van der Waals surface area contributed by atoms with Crippen molar-refractivity contribution in [2.45, 2.75) is 44.3 Å². The Morgan fingerprint density at radius 1 is 1.04 bits per heavy atom. The highest BCUT2D eigenvalue weighted by Crippen LogP contribution is 2.37. The van der Waals surface area contributed by atoms with Crippen LogP contribution in [0.1, 0.15) is 43.0 Å². The molecular formula is C22H24ClN3O2. The van der Waals surface area contributed by atoms with Crippen LogP contribution in [-0.4, -0.2) is 45.3 Å². The minimum atomic E-state index is -0.148. The zero-order chi connectivity index (χ0) is 19.3. The first kappa shape index (κ1) is 17.8. The Hall–Kier alpha value is -2.27. The molecule has 3 aliphatic rings. The number of aromatic nitrogens is 1. The van der Waals surface area contributed by atoms with Crippen LogP contribution < -0.4 is 0 Å². The molecule has 28 heavy (non-hydrogen) atoms. The van der Waals surface area contributed by atoms with Gasteiger partial charge in [-0.05, 0) is 55.5 Å². The second kappa shape index (κ2) is 6.96. The SMILES string of the molecule is O=C(C1CC1)N(CC(=O)N1CCn2cccc2[C@@H]1c1ccc(Cl)cc1)C1CC1. The number of amides is 2. The Labute approximate surface area is 169 Å². The molecule has 0 N–H and O–H groups in total. The maximum atomic E-state index is 13.4. The number of benzene rings is 1. The Morgan fingerprint density at radius 3 is 2.46 bits per heavy atom. The number of hydrogen-bond donors (Lipinski definition) is 0. The lowest BCUT2D eigenvalue weighted by molar-refractivity contribution is -0.143. The highest BCUT2D eigenvalue weighted by Gasteiger charge is 2.42. The van der Waals surface area contributed by atoms with Crippen LogP contribution in [0, 0.1) is 5.92 Å². The molecule has 6 heteroatoms. The van der Waals surface area contributed by atoms with Gasteiger partial charge in [0.2, 0.25) is 11.8 Å². The van der Waals surface area contributed by atoms with Gasteiger partial charge in [0.05, 0.1) is 6.04 Å². The van der Waals surface area contributed by atoms with Gasteiger partial charge in [-0.2, -0.15) is 0 Å². The van der Waals surface area contributed by atoms with E-state index in [1.54, 1.807) is 0 Å². The predicted octanol–water partition coefficient (Wildman–Crippen LogP) is 3.47. The van der Waals surface area contributed by atoms with E-state index in [0.29, 0.717) is 11.6 Å². The third-order valence-corrected chi connectivity index (χ3v) is 6.30. The van der Waals surface area contributed by atoms with E-state index in [1.807, 2.05) is 40.1 Å². The molecule has 1 aromatic carbocycles. The molecule has 2 fully saturated rings. The van der Waals surface area contributed by atoms with Crippen LogP contribution in [-0.2, 0) is 16.1 Å². The van der Waals surface area contributed by atoms with Crippen molar-refractivity contribution in [2.75, 3.05) is 13.1 Å². The van der Waals surface area contributed by atoms with Gasteiger partial charge in [-0.25, -0.2) is 0 Å². The molecule has 1 atom stereocenters. The van der Waals surface area contributed by atoms with Crippen LogP contribution in [0.15, 0.2) is 42.6 Å². The third-order valence-electron chi connectivity index (χ3n) is 6.05. The molecule has 2 aromatic rings. The molecule has 2 amide bonds. The molecule has 2 aliphatic carbocycles. The van der Waals surface area contributed by atoms with Crippen molar-refractivity contribution in [1.29, 1.82) is 0 Å². The minimum Gasteiger partial charge on any atom is -0.348 e. The maximum Gasteiger partial charge on any atom is 0.243 e. The number of fused-ring (bicyclic) bond motifs is 1. The first-order chi connectivity index (χ1) is 13.6. The number of halogens is 1. The van der Waals surface area contributed by atoms with Crippen LogP contribution in [0.25, 0.3) is 0 Å². The van der Waals surface area contributed by atoms with Crippen molar-refractivity contribution in [3.8, 4) is 0 Å². The van der Waals surface area contributed by atoms with Crippen molar-refractivity contribution in [2.24, 2.45) is 5.92 Å². The van der Waals surface area contributed by atoms with E-state index in [0.717, 1.165) is 43.5 Å². The zero-order valence-corrected chi connectivity index (χ0v) is 16.5. The Bertz CT molecular complexity index is 899. The molecule has 5 nitrogen and oxygen atoms in total. The largest absolute Gasteiger partial charge is 0.348 e. The number of hydrogen-bond acceptors (Lipinski definition) is 2. The van der Waals surface area contributed by atoms with E-state index >= 15 is 0 Å². The number of nitrogens with zero attached hydrogens (tertiary/aromatic N) is 3. The number of rotatable bonds is 5. The average Bonchev–Trinajstić information content (AvgIpc) is 3.62. The topological polar surface area (TPSA) is 45.6 Å². The Morgan fingerprint density at radius 2 is 1.79 bits per heavy atom. The van der Waals surface area contributed by atoms with Gasteiger partial charge in [-0.1, -0.05) is 23.7 Å². The molecular weight excluding hydrogens is 374 g/mol. The van der Waals surface area contributed by atoms with Gasteiger partial charge in [0.15, 0.2) is 0 Å². The molecule has 146 valence electrons. The quantitative estimate of drug-likeness (QED) is 0.775. The normalized spacial score (nSPS) is 21.3. The molecule has 0 radical (unpaired) electrons. The fourth-order valence-electron chi connectivity index (χ4n) is 4.22. The van der Waals surface area contributed by atoms with Crippen molar-refractivity contribution in [3.63, 3.8) is 0 Å². The molecule has 0 saturated heterocycles.